The Morgan fingerprint density at radius 3 is 2.36 bits per heavy atom. The van der Waals surface area contributed by atoms with Gasteiger partial charge in [-0.25, -0.2) is 4.79 Å². The molecule has 0 aliphatic rings. The van der Waals surface area contributed by atoms with Crippen LogP contribution in [-0.2, 0) is 14.3 Å². The number of hydrogen-bond acceptors (Lipinski definition) is 4. The van der Waals surface area contributed by atoms with Crippen molar-refractivity contribution in [1.82, 2.24) is 0 Å². The van der Waals surface area contributed by atoms with E-state index in [-0.39, 0.29) is 5.97 Å². The topological polar surface area (TPSA) is 61.5 Å². The minimum absolute atomic E-state index is 0.306. The molecule has 0 aliphatic carbocycles. The van der Waals surface area contributed by atoms with Crippen LogP contribution in [-0.4, -0.2) is 30.8 Å². The summed E-state index contributed by atoms with van der Waals surface area (Å²) >= 11 is 0. The maximum Gasteiger partial charge on any atom is 0.335 e. The fourth-order valence-corrected chi connectivity index (χ4v) is 0.903. The van der Waals surface area contributed by atoms with Gasteiger partial charge in [-0.2, -0.15) is 0 Å². The lowest BCUT2D eigenvalue weighted by molar-refractivity contribution is -0.157. The van der Waals surface area contributed by atoms with Crippen LogP contribution in [0.4, 0.5) is 0 Å². The maximum absolute atomic E-state index is 11.3. The smallest absolute Gasteiger partial charge is 0.335 e. The van der Waals surface area contributed by atoms with Crippen molar-refractivity contribution >= 4 is 5.97 Å². The number of carbonyl (C=O) groups excluding carboxylic acids is 1. The third-order valence-electron chi connectivity index (χ3n) is 1.58. The summed E-state index contributed by atoms with van der Waals surface area (Å²) in [5.41, 5.74) is 5.32. The lowest BCUT2D eigenvalue weighted by Crippen LogP contribution is -2.40. The summed E-state index contributed by atoms with van der Waals surface area (Å²) in [5.74, 6) is -0.306. The minimum atomic E-state index is -0.488. The highest BCUT2D eigenvalue weighted by atomic mass is 16.6. The van der Waals surface area contributed by atoms with Crippen molar-refractivity contribution in [3.05, 3.63) is 0 Å². The predicted octanol–water partition coefficient (Wildman–Crippen LogP) is 1.08. The van der Waals surface area contributed by atoms with E-state index in [4.69, 9.17) is 15.2 Å². The van der Waals surface area contributed by atoms with Gasteiger partial charge in [0, 0.05) is 5.54 Å². The second-order valence-corrected chi connectivity index (χ2v) is 3.95. The summed E-state index contributed by atoms with van der Waals surface area (Å²) in [5, 5.41) is 0. The summed E-state index contributed by atoms with van der Waals surface area (Å²) in [6.07, 6.45) is 0.118. The van der Waals surface area contributed by atoms with E-state index in [1.807, 2.05) is 20.8 Å². The van der Waals surface area contributed by atoms with Crippen LogP contribution in [0.2, 0.25) is 0 Å². The lowest BCUT2D eigenvalue weighted by Gasteiger charge is -2.22. The molecule has 0 aliphatic heterocycles. The molecular weight excluding hydrogens is 182 g/mol. The van der Waals surface area contributed by atoms with Crippen molar-refractivity contribution in [2.24, 2.45) is 5.73 Å². The summed E-state index contributed by atoms with van der Waals surface area (Å²) < 4.78 is 10.2. The third kappa shape index (κ3) is 5.94. The van der Waals surface area contributed by atoms with Gasteiger partial charge in [-0.3, -0.25) is 0 Å². The highest BCUT2D eigenvalue weighted by Crippen LogP contribution is 2.05. The molecule has 0 rings (SSSR count). The Hall–Kier alpha value is -0.610. The molecule has 0 aromatic carbocycles. The number of esters is 1. The Morgan fingerprint density at radius 1 is 1.43 bits per heavy atom. The molecule has 0 spiro atoms. The van der Waals surface area contributed by atoms with E-state index < -0.39 is 11.6 Å². The van der Waals surface area contributed by atoms with Gasteiger partial charge >= 0.3 is 5.97 Å². The largest absolute Gasteiger partial charge is 0.464 e. The summed E-state index contributed by atoms with van der Waals surface area (Å²) in [6, 6.07) is 0. The van der Waals surface area contributed by atoms with Crippen LogP contribution < -0.4 is 5.73 Å². The number of rotatable bonds is 6. The molecule has 0 saturated heterocycles. The van der Waals surface area contributed by atoms with E-state index >= 15 is 0 Å². The van der Waals surface area contributed by atoms with Crippen LogP contribution in [0.25, 0.3) is 0 Å². The van der Waals surface area contributed by atoms with E-state index in [1.54, 1.807) is 6.92 Å². The number of hydrogen-bond donors (Lipinski definition) is 1. The average Bonchev–Trinajstić information content (AvgIpc) is 2.03. The Bertz CT molecular complexity index is 175. The molecule has 0 aromatic heterocycles. The number of ether oxygens (including phenoxy) is 2. The van der Waals surface area contributed by atoms with Crippen molar-refractivity contribution in [2.75, 3.05) is 13.2 Å². The Kier molecular flexibility index (Phi) is 5.72. The Morgan fingerprint density at radius 2 is 2.00 bits per heavy atom. The molecule has 4 nitrogen and oxygen atoms in total. The summed E-state index contributed by atoms with van der Waals surface area (Å²) in [6.45, 7) is 8.09. The normalized spacial score (nSPS) is 13.8. The van der Waals surface area contributed by atoms with E-state index in [0.717, 1.165) is 0 Å². The predicted molar refractivity (Wildman–Crippen MR) is 54.9 cm³/mol. The van der Waals surface area contributed by atoms with Gasteiger partial charge in [-0.15, -0.1) is 0 Å². The molecule has 0 amide bonds. The van der Waals surface area contributed by atoms with Crippen LogP contribution in [0, 0.1) is 0 Å². The zero-order valence-electron chi connectivity index (χ0n) is 9.50. The minimum Gasteiger partial charge on any atom is -0.464 e. The molecular formula is C10H21NO3. The maximum atomic E-state index is 11.3. The van der Waals surface area contributed by atoms with E-state index in [9.17, 15) is 4.79 Å². The quantitative estimate of drug-likeness (QED) is 0.656. The van der Waals surface area contributed by atoms with Gasteiger partial charge in [0.1, 0.15) is 0 Å². The number of nitrogens with two attached hydrogens (primary N) is 1. The zero-order chi connectivity index (χ0) is 11.2. The van der Waals surface area contributed by atoms with Crippen LogP contribution in [0.5, 0.6) is 0 Å². The zero-order valence-corrected chi connectivity index (χ0v) is 9.50. The second-order valence-electron chi connectivity index (χ2n) is 3.95. The Balaban J connectivity index is 3.97. The van der Waals surface area contributed by atoms with Crippen molar-refractivity contribution in [3.8, 4) is 0 Å². The van der Waals surface area contributed by atoms with Gasteiger partial charge in [0.05, 0.1) is 13.2 Å². The van der Waals surface area contributed by atoms with Gasteiger partial charge < -0.3 is 15.2 Å². The van der Waals surface area contributed by atoms with Gasteiger partial charge in [0.15, 0.2) is 6.10 Å². The molecule has 2 N–H and O–H groups in total. The van der Waals surface area contributed by atoms with Crippen LogP contribution in [0.1, 0.15) is 34.1 Å². The monoisotopic (exact) mass is 203 g/mol. The Labute approximate surface area is 85.8 Å². The molecule has 14 heavy (non-hydrogen) atoms. The van der Waals surface area contributed by atoms with E-state index in [0.29, 0.717) is 19.6 Å². The standard InChI is InChI=1S/C10H21NO3/c1-5-8(9(12)13-6-2)14-7-10(3,4)11/h8H,5-7,11H2,1-4H3. The highest BCUT2D eigenvalue weighted by molar-refractivity contribution is 5.74. The molecule has 0 bridgehead atoms. The first-order chi connectivity index (χ1) is 6.40. The fraction of sp³-hybridized carbons (Fsp3) is 0.900. The van der Waals surface area contributed by atoms with Crippen molar-refractivity contribution in [2.45, 2.75) is 45.8 Å². The molecule has 1 unspecified atom stereocenters. The second kappa shape index (κ2) is 5.98. The van der Waals surface area contributed by atoms with Crippen molar-refractivity contribution < 1.29 is 14.3 Å². The first-order valence-electron chi connectivity index (χ1n) is 4.97. The number of carbonyl (C=O) groups is 1. The van der Waals surface area contributed by atoms with Gasteiger partial charge in [0.25, 0.3) is 0 Å². The first-order valence-corrected chi connectivity index (χ1v) is 4.97. The summed E-state index contributed by atoms with van der Waals surface area (Å²) in [7, 11) is 0. The molecule has 1 atom stereocenters. The van der Waals surface area contributed by atoms with Crippen LogP contribution >= 0.6 is 0 Å². The molecule has 0 fully saturated rings. The van der Waals surface area contributed by atoms with Gasteiger partial charge in [-0.1, -0.05) is 6.92 Å². The molecule has 0 aromatic rings. The average molecular weight is 203 g/mol. The molecule has 0 heterocycles. The molecule has 84 valence electrons. The van der Waals surface area contributed by atoms with Crippen LogP contribution in [0.3, 0.4) is 0 Å². The van der Waals surface area contributed by atoms with Crippen LogP contribution in [0.15, 0.2) is 0 Å². The van der Waals surface area contributed by atoms with Crippen molar-refractivity contribution in [3.63, 3.8) is 0 Å². The molecule has 0 radical (unpaired) electrons. The summed E-state index contributed by atoms with van der Waals surface area (Å²) in [4.78, 5) is 11.3. The highest BCUT2D eigenvalue weighted by Gasteiger charge is 2.21. The van der Waals surface area contributed by atoms with E-state index in [1.165, 1.54) is 0 Å². The fourth-order valence-electron chi connectivity index (χ4n) is 0.903. The molecule has 0 saturated carbocycles. The molecule has 4 heteroatoms. The third-order valence-corrected chi connectivity index (χ3v) is 1.58. The van der Waals surface area contributed by atoms with Gasteiger partial charge in [0.2, 0.25) is 0 Å². The van der Waals surface area contributed by atoms with Crippen molar-refractivity contribution in [1.29, 1.82) is 0 Å². The van der Waals surface area contributed by atoms with E-state index in [2.05, 4.69) is 0 Å². The lowest BCUT2D eigenvalue weighted by atomic mass is 10.1. The van der Waals surface area contributed by atoms with Gasteiger partial charge in [-0.05, 0) is 27.2 Å². The first kappa shape index (κ1) is 13.4. The SMILES string of the molecule is CCOC(=O)C(CC)OCC(C)(C)N.